The molecule has 0 atom stereocenters. The molecule has 106 valence electrons. The van der Waals surface area contributed by atoms with Crippen LogP contribution in [-0.2, 0) is 19.5 Å². The number of hydrogen-bond acceptors (Lipinski definition) is 2. The highest BCUT2D eigenvalue weighted by Gasteiger charge is 2.26. The predicted molar refractivity (Wildman–Crippen MR) is 83.3 cm³/mol. The number of nitrogens with zero attached hydrogens (tertiary/aromatic N) is 1. The van der Waals surface area contributed by atoms with Crippen LogP contribution in [0.1, 0.15) is 33.5 Å². The molecule has 0 radical (unpaired) electrons. The minimum atomic E-state index is 0.159. The number of amides is 1. The van der Waals surface area contributed by atoms with Crippen LogP contribution in [0.4, 0.5) is 5.69 Å². The van der Waals surface area contributed by atoms with Gasteiger partial charge in [0.05, 0.1) is 0 Å². The molecule has 0 aliphatic carbocycles. The SMILES string of the molecule is O=C(c1cccc2c1CCCN2)N1Cc2ccccc2C1. The number of fused-ring (bicyclic) bond motifs is 2. The summed E-state index contributed by atoms with van der Waals surface area (Å²) in [4.78, 5) is 14.8. The first-order valence-electron chi connectivity index (χ1n) is 7.55. The van der Waals surface area contributed by atoms with Gasteiger partial charge in [-0.15, -0.1) is 0 Å². The van der Waals surface area contributed by atoms with Crippen LogP contribution in [0.15, 0.2) is 42.5 Å². The molecule has 2 heterocycles. The van der Waals surface area contributed by atoms with Gasteiger partial charge in [-0.05, 0) is 41.7 Å². The second-order valence-electron chi connectivity index (χ2n) is 5.79. The Morgan fingerprint density at radius 1 is 1.00 bits per heavy atom. The first-order valence-corrected chi connectivity index (χ1v) is 7.55. The quantitative estimate of drug-likeness (QED) is 0.868. The van der Waals surface area contributed by atoms with Crippen molar-refractivity contribution in [1.82, 2.24) is 4.90 Å². The monoisotopic (exact) mass is 278 g/mol. The predicted octanol–water partition coefficient (Wildman–Crippen LogP) is 3.20. The summed E-state index contributed by atoms with van der Waals surface area (Å²) < 4.78 is 0. The highest BCUT2D eigenvalue weighted by Crippen LogP contribution is 2.29. The van der Waals surface area contributed by atoms with Crippen molar-refractivity contribution < 1.29 is 4.79 Å². The molecule has 0 spiro atoms. The van der Waals surface area contributed by atoms with Crippen molar-refractivity contribution in [2.45, 2.75) is 25.9 Å². The molecular formula is C18H18N2O. The Balaban J connectivity index is 1.65. The van der Waals surface area contributed by atoms with Gasteiger partial charge in [-0.25, -0.2) is 0 Å². The first-order chi connectivity index (χ1) is 10.3. The zero-order valence-electron chi connectivity index (χ0n) is 11.9. The minimum Gasteiger partial charge on any atom is -0.385 e. The van der Waals surface area contributed by atoms with E-state index in [1.54, 1.807) is 0 Å². The van der Waals surface area contributed by atoms with Crippen LogP contribution < -0.4 is 5.32 Å². The minimum absolute atomic E-state index is 0.159. The lowest BCUT2D eigenvalue weighted by molar-refractivity contribution is 0.0750. The van der Waals surface area contributed by atoms with Crippen molar-refractivity contribution in [3.8, 4) is 0 Å². The molecule has 1 amide bonds. The second-order valence-corrected chi connectivity index (χ2v) is 5.79. The summed E-state index contributed by atoms with van der Waals surface area (Å²) in [5, 5.41) is 3.39. The fourth-order valence-electron chi connectivity index (χ4n) is 3.36. The van der Waals surface area contributed by atoms with E-state index >= 15 is 0 Å². The fraction of sp³-hybridized carbons (Fsp3) is 0.278. The molecule has 0 saturated carbocycles. The molecule has 2 aliphatic rings. The van der Waals surface area contributed by atoms with Crippen LogP contribution in [0.5, 0.6) is 0 Å². The van der Waals surface area contributed by atoms with Crippen molar-refractivity contribution in [1.29, 1.82) is 0 Å². The maximum absolute atomic E-state index is 12.9. The Labute approximate surface area is 124 Å². The van der Waals surface area contributed by atoms with Gasteiger partial charge >= 0.3 is 0 Å². The molecule has 3 nitrogen and oxygen atoms in total. The zero-order chi connectivity index (χ0) is 14.2. The summed E-state index contributed by atoms with van der Waals surface area (Å²) in [5.74, 6) is 0.159. The van der Waals surface area contributed by atoms with E-state index in [1.807, 2.05) is 29.2 Å². The molecule has 4 rings (SSSR count). The maximum Gasteiger partial charge on any atom is 0.254 e. The lowest BCUT2D eigenvalue weighted by Crippen LogP contribution is -2.27. The van der Waals surface area contributed by atoms with E-state index < -0.39 is 0 Å². The van der Waals surface area contributed by atoms with E-state index in [0.29, 0.717) is 0 Å². The van der Waals surface area contributed by atoms with Gasteiger partial charge < -0.3 is 10.2 Å². The van der Waals surface area contributed by atoms with E-state index in [9.17, 15) is 4.79 Å². The summed E-state index contributed by atoms with van der Waals surface area (Å²) in [7, 11) is 0. The Bertz CT molecular complexity index is 683. The average molecular weight is 278 g/mol. The highest BCUT2D eigenvalue weighted by molar-refractivity contribution is 5.97. The van der Waals surface area contributed by atoms with Crippen molar-refractivity contribution in [2.24, 2.45) is 0 Å². The van der Waals surface area contributed by atoms with Crippen molar-refractivity contribution in [3.63, 3.8) is 0 Å². The molecule has 3 heteroatoms. The highest BCUT2D eigenvalue weighted by atomic mass is 16.2. The van der Waals surface area contributed by atoms with Gasteiger partial charge in [-0.3, -0.25) is 4.79 Å². The molecule has 0 fully saturated rings. The molecule has 21 heavy (non-hydrogen) atoms. The topological polar surface area (TPSA) is 32.3 Å². The summed E-state index contributed by atoms with van der Waals surface area (Å²) >= 11 is 0. The fourth-order valence-corrected chi connectivity index (χ4v) is 3.36. The van der Waals surface area contributed by atoms with Crippen molar-refractivity contribution in [2.75, 3.05) is 11.9 Å². The van der Waals surface area contributed by atoms with Gasteiger partial charge in [0, 0.05) is 30.9 Å². The number of rotatable bonds is 1. The molecule has 2 aromatic carbocycles. The number of anilines is 1. The third-order valence-electron chi connectivity index (χ3n) is 4.45. The number of carbonyl (C=O) groups excluding carboxylic acids is 1. The number of hydrogen-bond donors (Lipinski definition) is 1. The standard InChI is InChI=1S/C18H18N2O/c21-18(20-11-13-5-1-2-6-14(13)12-20)16-7-3-9-17-15(16)8-4-10-19-17/h1-3,5-7,9,19H,4,8,10-12H2. The molecule has 0 unspecified atom stereocenters. The zero-order valence-corrected chi connectivity index (χ0v) is 11.9. The number of carbonyl (C=O) groups is 1. The Kier molecular flexibility index (Phi) is 2.92. The van der Waals surface area contributed by atoms with Crippen LogP contribution in [0.25, 0.3) is 0 Å². The van der Waals surface area contributed by atoms with E-state index in [0.717, 1.165) is 43.7 Å². The van der Waals surface area contributed by atoms with Crippen LogP contribution in [0.3, 0.4) is 0 Å². The van der Waals surface area contributed by atoms with Gasteiger partial charge in [0.2, 0.25) is 0 Å². The van der Waals surface area contributed by atoms with Gasteiger partial charge in [0.25, 0.3) is 5.91 Å². The van der Waals surface area contributed by atoms with E-state index in [4.69, 9.17) is 0 Å². The smallest absolute Gasteiger partial charge is 0.254 e. The summed E-state index contributed by atoms with van der Waals surface area (Å²) in [6.07, 6.45) is 2.09. The maximum atomic E-state index is 12.9. The van der Waals surface area contributed by atoms with Crippen LogP contribution >= 0.6 is 0 Å². The third kappa shape index (κ3) is 2.09. The van der Waals surface area contributed by atoms with Crippen LogP contribution in [0.2, 0.25) is 0 Å². The summed E-state index contributed by atoms with van der Waals surface area (Å²) in [5.41, 5.74) is 5.73. The van der Waals surface area contributed by atoms with E-state index in [2.05, 4.69) is 23.5 Å². The third-order valence-corrected chi connectivity index (χ3v) is 4.45. The number of benzene rings is 2. The normalized spacial score (nSPS) is 16.1. The van der Waals surface area contributed by atoms with Gasteiger partial charge in [-0.1, -0.05) is 30.3 Å². The number of nitrogens with one attached hydrogen (secondary N) is 1. The van der Waals surface area contributed by atoms with Gasteiger partial charge in [-0.2, -0.15) is 0 Å². The van der Waals surface area contributed by atoms with Crippen molar-refractivity contribution in [3.05, 3.63) is 64.7 Å². The molecule has 1 N–H and O–H groups in total. The largest absolute Gasteiger partial charge is 0.385 e. The van der Waals surface area contributed by atoms with Crippen molar-refractivity contribution >= 4 is 11.6 Å². The lowest BCUT2D eigenvalue weighted by Gasteiger charge is -2.23. The molecule has 0 saturated heterocycles. The van der Waals surface area contributed by atoms with Crippen LogP contribution in [0, 0.1) is 0 Å². The van der Waals surface area contributed by atoms with E-state index in [-0.39, 0.29) is 5.91 Å². The van der Waals surface area contributed by atoms with Crippen LogP contribution in [-0.4, -0.2) is 17.4 Å². The molecule has 0 aromatic heterocycles. The van der Waals surface area contributed by atoms with E-state index in [1.165, 1.54) is 16.7 Å². The summed E-state index contributed by atoms with van der Waals surface area (Å²) in [6.45, 7) is 2.46. The Morgan fingerprint density at radius 3 is 2.52 bits per heavy atom. The first kappa shape index (κ1) is 12.5. The molecular weight excluding hydrogens is 260 g/mol. The Hall–Kier alpha value is -2.29. The molecule has 2 aromatic rings. The van der Waals surface area contributed by atoms with Gasteiger partial charge in [0.15, 0.2) is 0 Å². The Morgan fingerprint density at radius 2 is 1.76 bits per heavy atom. The summed E-state index contributed by atoms with van der Waals surface area (Å²) in [6, 6.07) is 14.3. The van der Waals surface area contributed by atoms with Gasteiger partial charge in [0.1, 0.15) is 0 Å². The molecule has 2 aliphatic heterocycles. The molecule has 0 bridgehead atoms. The average Bonchev–Trinajstić information content (AvgIpc) is 2.97. The lowest BCUT2D eigenvalue weighted by atomic mass is 9.97. The second kappa shape index (κ2) is 4.92.